The highest BCUT2D eigenvalue weighted by Gasteiger charge is 2.47. The molecule has 7 nitrogen and oxygen atoms in total. The number of likely N-dealkylation sites (tertiary alicyclic amines) is 1. The second-order valence-corrected chi connectivity index (χ2v) is 9.01. The van der Waals surface area contributed by atoms with Gasteiger partial charge in [-0.2, -0.15) is 5.26 Å². The summed E-state index contributed by atoms with van der Waals surface area (Å²) in [5, 5.41) is 10.1. The van der Waals surface area contributed by atoms with Crippen molar-refractivity contribution in [3.8, 4) is 6.07 Å². The zero-order chi connectivity index (χ0) is 21.8. The van der Waals surface area contributed by atoms with E-state index in [0.29, 0.717) is 50.1 Å². The second-order valence-electron chi connectivity index (χ2n) is 7.76. The van der Waals surface area contributed by atoms with Crippen LogP contribution in [0.25, 0.3) is 0 Å². The van der Waals surface area contributed by atoms with E-state index >= 15 is 0 Å². The molecule has 2 aliphatic rings. The minimum atomic E-state index is -0.578. The number of hydrogen-bond donors (Lipinski definition) is 0. The lowest BCUT2D eigenvalue weighted by atomic mass is 9.91. The maximum Gasteiger partial charge on any atom is 0.410 e. The number of carbonyl (C=O) groups is 2. The van der Waals surface area contributed by atoms with E-state index in [1.165, 1.54) is 0 Å². The first-order valence-electron chi connectivity index (χ1n) is 10.4. The molecule has 2 aliphatic heterocycles. The third-order valence-electron chi connectivity index (χ3n) is 5.78. The predicted octanol–water partition coefficient (Wildman–Crippen LogP) is 3.69. The number of pyridine rings is 1. The molecule has 31 heavy (non-hydrogen) atoms. The van der Waals surface area contributed by atoms with Gasteiger partial charge < -0.3 is 9.64 Å². The standard InChI is InChI=1S/C23H24N4O3S/c1-2-31-20-19(8-5-11-25-20)21(28)26-12-9-23(10-13-26)16-27(22(29)30-23)15-18-7-4-3-6-17(18)14-24/h3-8,11H,2,9-10,12-13,15-16H2,1H3. The molecule has 160 valence electrons. The van der Waals surface area contributed by atoms with Gasteiger partial charge in [-0.3, -0.25) is 9.69 Å². The minimum absolute atomic E-state index is 0.0250. The van der Waals surface area contributed by atoms with Gasteiger partial charge in [0.25, 0.3) is 5.91 Å². The van der Waals surface area contributed by atoms with Gasteiger partial charge in [0.15, 0.2) is 0 Å². The van der Waals surface area contributed by atoms with Gasteiger partial charge in [0.2, 0.25) is 0 Å². The lowest BCUT2D eigenvalue weighted by molar-refractivity contribution is 0.00301. The number of ether oxygens (including phenoxy) is 1. The fraction of sp³-hybridized carbons (Fsp3) is 0.391. The van der Waals surface area contributed by atoms with Gasteiger partial charge in [-0.05, 0) is 29.5 Å². The maximum atomic E-state index is 13.1. The highest BCUT2D eigenvalue weighted by Crippen LogP contribution is 2.35. The molecule has 1 aromatic heterocycles. The van der Waals surface area contributed by atoms with Crippen LogP contribution in [0.1, 0.15) is 41.3 Å². The Morgan fingerprint density at radius 2 is 2.03 bits per heavy atom. The number of hydrogen-bond acceptors (Lipinski definition) is 6. The molecule has 2 aromatic rings. The molecule has 0 aliphatic carbocycles. The molecule has 3 heterocycles. The van der Waals surface area contributed by atoms with Crippen molar-refractivity contribution in [3.05, 3.63) is 59.3 Å². The number of carbonyl (C=O) groups excluding carboxylic acids is 2. The minimum Gasteiger partial charge on any atom is -0.441 e. The van der Waals surface area contributed by atoms with Crippen molar-refractivity contribution >= 4 is 23.8 Å². The molecule has 4 rings (SSSR count). The van der Waals surface area contributed by atoms with Crippen LogP contribution < -0.4 is 0 Å². The van der Waals surface area contributed by atoms with Crippen molar-refractivity contribution in [2.24, 2.45) is 0 Å². The molecular formula is C23H24N4O3S. The summed E-state index contributed by atoms with van der Waals surface area (Å²) in [6.07, 6.45) is 2.53. The van der Waals surface area contributed by atoms with Crippen LogP contribution in [0.5, 0.6) is 0 Å². The van der Waals surface area contributed by atoms with Crippen molar-refractivity contribution in [2.75, 3.05) is 25.4 Å². The first kappa shape index (κ1) is 21.2. The first-order chi connectivity index (χ1) is 15.0. The number of piperidine rings is 1. The van der Waals surface area contributed by atoms with Gasteiger partial charge >= 0.3 is 6.09 Å². The molecule has 1 spiro atoms. The molecule has 2 fully saturated rings. The van der Waals surface area contributed by atoms with Gasteiger partial charge in [0, 0.05) is 32.1 Å². The Morgan fingerprint density at radius 1 is 1.26 bits per heavy atom. The molecule has 0 saturated carbocycles. The Labute approximate surface area is 186 Å². The fourth-order valence-electron chi connectivity index (χ4n) is 4.14. The Bertz CT molecular complexity index is 1030. The smallest absolute Gasteiger partial charge is 0.410 e. The van der Waals surface area contributed by atoms with Crippen LogP contribution in [0.2, 0.25) is 0 Å². The van der Waals surface area contributed by atoms with E-state index in [0.717, 1.165) is 16.3 Å². The topological polar surface area (TPSA) is 86.5 Å². The van der Waals surface area contributed by atoms with Crippen LogP contribution in [-0.2, 0) is 11.3 Å². The molecule has 0 bridgehead atoms. The lowest BCUT2D eigenvalue weighted by Crippen LogP contribution is -2.48. The Kier molecular flexibility index (Phi) is 6.14. The highest BCUT2D eigenvalue weighted by molar-refractivity contribution is 7.99. The Hall–Kier alpha value is -3.05. The quantitative estimate of drug-likeness (QED) is 0.665. The largest absolute Gasteiger partial charge is 0.441 e. The predicted molar refractivity (Wildman–Crippen MR) is 117 cm³/mol. The van der Waals surface area contributed by atoms with Crippen LogP contribution >= 0.6 is 11.8 Å². The molecule has 8 heteroatoms. The summed E-state index contributed by atoms with van der Waals surface area (Å²) in [4.78, 5) is 33.4. The summed E-state index contributed by atoms with van der Waals surface area (Å²) in [6, 6.07) is 13.1. The highest BCUT2D eigenvalue weighted by atomic mass is 32.2. The lowest BCUT2D eigenvalue weighted by Gasteiger charge is -2.37. The van der Waals surface area contributed by atoms with Crippen LogP contribution in [0, 0.1) is 11.3 Å². The van der Waals surface area contributed by atoms with E-state index in [4.69, 9.17) is 4.74 Å². The summed E-state index contributed by atoms with van der Waals surface area (Å²) < 4.78 is 5.79. The number of thioether (sulfide) groups is 1. The Morgan fingerprint density at radius 3 is 2.77 bits per heavy atom. The van der Waals surface area contributed by atoms with Crippen molar-refractivity contribution in [3.63, 3.8) is 0 Å². The Balaban J connectivity index is 1.41. The van der Waals surface area contributed by atoms with Gasteiger partial charge in [0.1, 0.15) is 10.6 Å². The summed E-state index contributed by atoms with van der Waals surface area (Å²) in [5.74, 6) is 0.823. The number of rotatable bonds is 5. The van der Waals surface area contributed by atoms with E-state index < -0.39 is 5.60 Å². The monoisotopic (exact) mass is 436 g/mol. The van der Waals surface area contributed by atoms with E-state index in [1.807, 2.05) is 36.1 Å². The van der Waals surface area contributed by atoms with E-state index in [1.54, 1.807) is 35.0 Å². The van der Waals surface area contributed by atoms with Gasteiger partial charge in [-0.1, -0.05) is 25.1 Å². The van der Waals surface area contributed by atoms with E-state index in [2.05, 4.69) is 11.1 Å². The van der Waals surface area contributed by atoms with Crippen molar-refractivity contribution in [2.45, 2.75) is 36.9 Å². The first-order valence-corrected chi connectivity index (χ1v) is 11.4. The number of nitriles is 1. The fourth-order valence-corrected chi connectivity index (χ4v) is 4.86. The average molecular weight is 437 g/mol. The molecule has 0 unspecified atom stereocenters. The normalized spacial score (nSPS) is 17.5. The second kappa shape index (κ2) is 8.98. The SMILES string of the molecule is CCSc1ncccc1C(=O)N1CCC2(CC1)CN(Cc1ccccc1C#N)C(=O)O2. The van der Waals surface area contributed by atoms with Gasteiger partial charge in [-0.15, -0.1) is 11.8 Å². The van der Waals surface area contributed by atoms with Crippen LogP contribution in [0.4, 0.5) is 4.79 Å². The van der Waals surface area contributed by atoms with Crippen molar-refractivity contribution in [1.29, 1.82) is 5.26 Å². The third kappa shape index (κ3) is 4.37. The zero-order valence-corrected chi connectivity index (χ0v) is 18.2. The molecule has 2 amide bonds. The van der Waals surface area contributed by atoms with Crippen LogP contribution in [-0.4, -0.2) is 57.8 Å². The van der Waals surface area contributed by atoms with Gasteiger partial charge in [-0.25, -0.2) is 9.78 Å². The molecular weight excluding hydrogens is 412 g/mol. The molecule has 2 saturated heterocycles. The maximum absolute atomic E-state index is 13.1. The number of nitrogens with zero attached hydrogens (tertiary/aromatic N) is 4. The van der Waals surface area contributed by atoms with Gasteiger partial charge in [0.05, 0.1) is 30.3 Å². The number of amides is 2. The summed E-state index contributed by atoms with van der Waals surface area (Å²) in [6.45, 7) is 3.91. The van der Waals surface area contributed by atoms with E-state index in [9.17, 15) is 14.9 Å². The number of aromatic nitrogens is 1. The van der Waals surface area contributed by atoms with Crippen molar-refractivity contribution in [1.82, 2.24) is 14.8 Å². The zero-order valence-electron chi connectivity index (χ0n) is 17.4. The number of benzene rings is 1. The molecule has 0 N–H and O–H groups in total. The molecule has 0 radical (unpaired) electrons. The van der Waals surface area contributed by atoms with Crippen molar-refractivity contribution < 1.29 is 14.3 Å². The third-order valence-corrected chi connectivity index (χ3v) is 6.67. The van der Waals surface area contributed by atoms with Crippen LogP contribution in [0.15, 0.2) is 47.6 Å². The molecule has 1 aromatic carbocycles. The summed E-state index contributed by atoms with van der Waals surface area (Å²) in [5.41, 5.74) is 1.42. The summed E-state index contributed by atoms with van der Waals surface area (Å²) >= 11 is 1.56. The average Bonchev–Trinajstić information content (AvgIpc) is 3.09. The van der Waals surface area contributed by atoms with E-state index in [-0.39, 0.29) is 12.0 Å². The van der Waals surface area contributed by atoms with Crippen LogP contribution in [0.3, 0.4) is 0 Å². The molecule has 0 atom stereocenters. The summed E-state index contributed by atoms with van der Waals surface area (Å²) in [7, 11) is 0.